The molecule has 0 aliphatic carbocycles. The van der Waals surface area contributed by atoms with Crippen LogP contribution >= 0.6 is 0 Å². The van der Waals surface area contributed by atoms with Crippen molar-refractivity contribution in [2.24, 2.45) is 0 Å². The summed E-state index contributed by atoms with van der Waals surface area (Å²) in [5.74, 6) is 0.622. The summed E-state index contributed by atoms with van der Waals surface area (Å²) in [6, 6.07) is 1.71. The van der Waals surface area contributed by atoms with Gasteiger partial charge >= 0.3 is 5.63 Å². The zero-order valence-corrected chi connectivity index (χ0v) is 19.3. The molecule has 2 N–H and O–H groups in total. The largest absolute Gasteiger partial charge is 0.495 e. The standard InChI is InChI=1S/C25H32O6/c1-10-23(3,4)14-12-13-18(29-9)15-17(26)21(27)25(7,8)31-20(15)16(24(5,6)11-2)19(13)30-22(14)28/h10-12,17,21,26-27H,1-2H2,3-9H3/t17-,21+/m1/s1. The van der Waals surface area contributed by atoms with Crippen molar-refractivity contribution in [2.75, 3.05) is 7.11 Å². The molecule has 6 nitrogen and oxygen atoms in total. The molecule has 0 saturated heterocycles. The normalized spacial score (nSPS) is 20.7. The van der Waals surface area contributed by atoms with Gasteiger partial charge in [0.1, 0.15) is 34.9 Å². The highest BCUT2D eigenvalue weighted by Gasteiger charge is 2.47. The molecule has 2 aromatic rings. The van der Waals surface area contributed by atoms with Gasteiger partial charge < -0.3 is 24.1 Å². The lowest BCUT2D eigenvalue weighted by Gasteiger charge is -2.43. The molecule has 1 aromatic heterocycles. The van der Waals surface area contributed by atoms with Gasteiger partial charge in [0.15, 0.2) is 0 Å². The van der Waals surface area contributed by atoms with Crippen LogP contribution in [-0.2, 0) is 10.8 Å². The van der Waals surface area contributed by atoms with Gasteiger partial charge in [-0.3, -0.25) is 0 Å². The van der Waals surface area contributed by atoms with Crippen molar-refractivity contribution in [2.45, 2.75) is 70.2 Å². The fraction of sp³-hybridized carbons (Fsp3) is 0.480. The molecule has 1 aliphatic heterocycles. The quantitative estimate of drug-likeness (QED) is 0.545. The maximum Gasteiger partial charge on any atom is 0.340 e. The minimum atomic E-state index is -1.26. The van der Waals surface area contributed by atoms with Crippen LogP contribution in [0.5, 0.6) is 11.5 Å². The Hall–Kier alpha value is -2.57. The van der Waals surface area contributed by atoms with Crippen molar-refractivity contribution >= 4 is 11.0 Å². The lowest BCUT2D eigenvalue weighted by molar-refractivity contribution is -0.113. The first-order chi connectivity index (χ1) is 14.2. The van der Waals surface area contributed by atoms with E-state index < -0.39 is 34.3 Å². The smallest absolute Gasteiger partial charge is 0.340 e. The van der Waals surface area contributed by atoms with Gasteiger partial charge in [0.05, 0.1) is 18.1 Å². The van der Waals surface area contributed by atoms with Crippen LogP contribution in [0.3, 0.4) is 0 Å². The highest BCUT2D eigenvalue weighted by Crippen LogP contribution is 2.53. The highest BCUT2D eigenvalue weighted by atomic mass is 16.5. The number of rotatable bonds is 5. The summed E-state index contributed by atoms with van der Waals surface area (Å²) in [5, 5.41) is 22.3. The molecule has 1 aromatic carbocycles. The Morgan fingerprint density at radius 2 is 1.71 bits per heavy atom. The zero-order valence-electron chi connectivity index (χ0n) is 19.3. The molecule has 0 saturated carbocycles. The second-order valence-corrected chi connectivity index (χ2v) is 9.79. The number of fused-ring (bicyclic) bond motifs is 2. The van der Waals surface area contributed by atoms with Crippen molar-refractivity contribution in [1.82, 2.24) is 0 Å². The average Bonchev–Trinajstić information content (AvgIpc) is 2.69. The fourth-order valence-electron chi connectivity index (χ4n) is 4.01. The van der Waals surface area contributed by atoms with Gasteiger partial charge in [0.25, 0.3) is 0 Å². The van der Waals surface area contributed by atoms with Crippen LogP contribution in [-0.4, -0.2) is 29.0 Å². The molecule has 3 rings (SSSR count). The molecule has 0 spiro atoms. The number of aliphatic hydroxyl groups is 2. The molecule has 2 atom stereocenters. The Kier molecular flexibility index (Phi) is 5.40. The highest BCUT2D eigenvalue weighted by molar-refractivity contribution is 5.92. The molecule has 168 valence electrons. The Bertz CT molecular complexity index is 1120. The van der Waals surface area contributed by atoms with Crippen LogP contribution in [0.4, 0.5) is 0 Å². The number of hydrogen-bond acceptors (Lipinski definition) is 6. The third-order valence-corrected chi connectivity index (χ3v) is 6.37. The van der Waals surface area contributed by atoms with Crippen molar-refractivity contribution in [3.8, 4) is 11.5 Å². The molecule has 0 fully saturated rings. The number of ether oxygens (including phenoxy) is 2. The molecule has 1 aliphatic rings. The molecule has 0 bridgehead atoms. The molecular weight excluding hydrogens is 396 g/mol. The Balaban J connectivity index is 2.61. The predicted octanol–water partition coefficient (Wildman–Crippen LogP) is 4.29. The maximum atomic E-state index is 13.0. The first-order valence-electron chi connectivity index (χ1n) is 10.3. The second-order valence-electron chi connectivity index (χ2n) is 9.79. The third-order valence-electron chi connectivity index (χ3n) is 6.37. The summed E-state index contributed by atoms with van der Waals surface area (Å²) in [6.07, 6.45) is 0.949. The summed E-state index contributed by atoms with van der Waals surface area (Å²) < 4.78 is 17.8. The van der Waals surface area contributed by atoms with Crippen LogP contribution in [0.1, 0.15) is 64.3 Å². The Labute approximate surface area is 182 Å². The molecule has 2 heterocycles. The summed E-state index contributed by atoms with van der Waals surface area (Å²) in [6.45, 7) is 18.7. The van der Waals surface area contributed by atoms with Crippen LogP contribution in [0.25, 0.3) is 11.0 Å². The van der Waals surface area contributed by atoms with Crippen molar-refractivity contribution in [3.05, 3.63) is 58.5 Å². The van der Waals surface area contributed by atoms with Gasteiger partial charge in [-0.2, -0.15) is 0 Å². The fourth-order valence-corrected chi connectivity index (χ4v) is 4.01. The van der Waals surface area contributed by atoms with Gasteiger partial charge in [-0.05, 0) is 19.9 Å². The van der Waals surface area contributed by atoms with Crippen molar-refractivity contribution in [3.63, 3.8) is 0 Å². The monoisotopic (exact) mass is 428 g/mol. The van der Waals surface area contributed by atoms with Crippen LogP contribution in [0, 0.1) is 0 Å². The first-order valence-corrected chi connectivity index (χ1v) is 10.3. The topological polar surface area (TPSA) is 89.1 Å². The van der Waals surface area contributed by atoms with Crippen LogP contribution < -0.4 is 15.1 Å². The van der Waals surface area contributed by atoms with E-state index in [1.165, 1.54) is 7.11 Å². The second kappa shape index (κ2) is 7.24. The van der Waals surface area contributed by atoms with E-state index in [0.717, 1.165) is 0 Å². The van der Waals surface area contributed by atoms with E-state index in [2.05, 4.69) is 13.2 Å². The van der Waals surface area contributed by atoms with Crippen molar-refractivity contribution < 1.29 is 24.1 Å². The minimum absolute atomic E-state index is 0.292. The van der Waals surface area contributed by atoms with E-state index in [1.54, 1.807) is 32.1 Å². The van der Waals surface area contributed by atoms with E-state index in [0.29, 0.717) is 39.2 Å². The minimum Gasteiger partial charge on any atom is -0.495 e. The van der Waals surface area contributed by atoms with Gasteiger partial charge in [-0.15, -0.1) is 13.2 Å². The zero-order chi connectivity index (χ0) is 23.5. The summed E-state index contributed by atoms with van der Waals surface area (Å²) in [7, 11) is 1.47. The summed E-state index contributed by atoms with van der Waals surface area (Å²) in [5.41, 5.74) is -1.32. The third kappa shape index (κ3) is 3.38. The van der Waals surface area contributed by atoms with Gasteiger partial charge in [0.2, 0.25) is 0 Å². The van der Waals surface area contributed by atoms with E-state index in [9.17, 15) is 15.0 Å². The maximum absolute atomic E-state index is 13.0. The number of hydrogen-bond donors (Lipinski definition) is 2. The lowest BCUT2D eigenvalue weighted by atomic mass is 9.77. The average molecular weight is 429 g/mol. The molecule has 0 amide bonds. The lowest BCUT2D eigenvalue weighted by Crippen LogP contribution is -2.49. The molecule has 0 radical (unpaired) electrons. The summed E-state index contributed by atoms with van der Waals surface area (Å²) in [4.78, 5) is 13.0. The first kappa shape index (κ1) is 23.1. The van der Waals surface area contributed by atoms with E-state index in [1.807, 2.05) is 27.7 Å². The van der Waals surface area contributed by atoms with E-state index in [4.69, 9.17) is 13.9 Å². The van der Waals surface area contributed by atoms with E-state index in [-0.39, 0.29) is 0 Å². The summed E-state index contributed by atoms with van der Waals surface area (Å²) >= 11 is 0. The van der Waals surface area contributed by atoms with Gasteiger partial charge in [-0.1, -0.05) is 39.8 Å². The Morgan fingerprint density at radius 3 is 2.23 bits per heavy atom. The molecular formula is C25H32O6. The molecule has 6 heteroatoms. The Morgan fingerprint density at radius 1 is 1.13 bits per heavy atom. The molecule has 0 unspecified atom stereocenters. The number of allylic oxidation sites excluding steroid dienone is 2. The SMILES string of the molecule is C=CC(C)(C)c1cc2c(OC)c3c(c(C(C)(C)C=C)c2oc1=O)OC(C)(C)[C@@H](O)[C@@H]3O. The van der Waals surface area contributed by atoms with Gasteiger partial charge in [0, 0.05) is 22.0 Å². The number of methoxy groups -OCH3 is 1. The molecule has 31 heavy (non-hydrogen) atoms. The van der Waals surface area contributed by atoms with Crippen LogP contribution in [0.15, 0.2) is 40.6 Å². The van der Waals surface area contributed by atoms with Crippen LogP contribution in [0.2, 0.25) is 0 Å². The predicted molar refractivity (Wildman–Crippen MR) is 121 cm³/mol. The number of benzene rings is 1. The van der Waals surface area contributed by atoms with E-state index >= 15 is 0 Å². The van der Waals surface area contributed by atoms with Crippen molar-refractivity contribution in [1.29, 1.82) is 0 Å². The number of aliphatic hydroxyl groups excluding tert-OH is 2. The van der Waals surface area contributed by atoms with Gasteiger partial charge in [-0.25, -0.2) is 4.79 Å².